The van der Waals surface area contributed by atoms with E-state index in [9.17, 15) is 19.2 Å². The highest BCUT2D eigenvalue weighted by Gasteiger charge is 2.50. The molecule has 2 bridgehead atoms. The van der Waals surface area contributed by atoms with Crippen molar-refractivity contribution in [3.8, 4) is 0 Å². The van der Waals surface area contributed by atoms with Gasteiger partial charge in [0.05, 0.1) is 12.6 Å². The molecule has 41 heavy (non-hydrogen) atoms. The van der Waals surface area contributed by atoms with Crippen LogP contribution in [-0.4, -0.2) is 83.2 Å². The van der Waals surface area contributed by atoms with Crippen molar-refractivity contribution in [1.82, 2.24) is 20.4 Å². The molecule has 12 nitrogen and oxygen atoms in total. The Labute approximate surface area is 241 Å². The van der Waals surface area contributed by atoms with Crippen molar-refractivity contribution in [2.45, 2.75) is 104 Å². The third-order valence-corrected chi connectivity index (χ3v) is 8.60. The number of aliphatic imine (C=N–C) groups is 1. The van der Waals surface area contributed by atoms with Gasteiger partial charge in [0, 0.05) is 18.7 Å². The van der Waals surface area contributed by atoms with E-state index in [4.69, 9.17) is 14.9 Å². The van der Waals surface area contributed by atoms with Gasteiger partial charge in [-0.25, -0.2) is 14.5 Å². The minimum atomic E-state index is -0.932. The van der Waals surface area contributed by atoms with Crippen molar-refractivity contribution in [3.63, 3.8) is 0 Å². The molecule has 226 valence electrons. The number of hydrogen-bond donors (Lipinski definition) is 3. The predicted octanol–water partition coefficient (Wildman–Crippen LogP) is 3.56. The average molecular weight is 573 g/mol. The van der Waals surface area contributed by atoms with Crippen LogP contribution in [0.1, 0.15) is 79.6 Å². The molecule has 6 atom stereocenters. The number of alkyl carbamates (subject to hydrolysis) is 1. The van der Waals surface area contributed by atoms with Crippen molar-refractivity contribution in [2.75, 3.05) is 13.1 Å². The first-order valence-electron chi connectivity index (χ1n) is 14.7. The lowest BCUT2D eigenvalue weighted by Gasteiger charge is -2.35. The summed E-state index contributed by atoms with van der Waals surface area (Å²) in [4.78, 5) is 60.5. The predicted molar refractivity (Wildman–Crippen MR) is 152 cm³/mol. The molecule has 1 saturated carbocycles. The summed E-state index contributed by atoms with van der Waals surface area (Å²) >= 11 is 0. The molecule has 3 N–H and O–H groups in total. The first-order valence-corrected chi connectivity index (χ1v) is 14.7. The van der Waals surface area contributed by atoms with Crippen LogP contribution in [0.2, 0.25) is 0 Å². The third kappa shape index (κ3) is 6.90. The zero-order valence-corrected chi connectivity index (χ0v) is 24.8. The molecule has 12 heteroatoms. The largest absolute Gasteiger partial charge is 0.459 e. The van der Waals surface area contributed by atoms with Gasteiger partial charge in [0.2, 0.25) is 5.91 Å². The van der Waals surface area contributed by atoms with Gasteiger partial charge in [-0.1, -0.05) is 40.5 Å². The van der Waals surface area contributed by atoms with Crippen LogP contribution in [0.3, 0.4) is 0 Å². The molecule has 0 radical (unpaired) electrons. The van der Waals surface area contributed by atoms with Crippen molar-refractivity contribution in [2.24, 2.45) is 22.2 Å². The van der Waals surface area contributed by atoms with Crippen LogP contribution >= 0.6 is 0 Å². The number of ketones is 1. The van der Waals surface area contributed by atoms with Gasteiger partial charge in [0.15, 0.2) is 5.78 Å². The number of urea groups is 1. The summed E-state index contributed by atoms with van der Waals surface area (Å²) in [6, 6.07) is -2.03. The van der Waals surface area contributed by atoms with Crippen LogP contribution in [0, 0.1) is 22.7 Å². The van der Waals surface area contributed by atoms with Crippen molar-refractivity contribution < 1.29 is 28.7 Å². The molecular weight excluding hydrogens is 528 g/mol. The Morgan fingerprint density at radius 2 is 1.78 bits per heavy atom. The fourth-order valence-corrected chi connectivity index (χ4v) is 6.40. The van der Waals surface area contributed by atoms with Gasteiger partial charge in [-0.2, -0.15) is 4.99 Å². The normalized spacial score (nSPS) is 32.9. The third-order valence-electron chi connectivity index (χ3n) is 8.60. The van der Waals surface area contributed by atoms with Crippen LogP contribution in [-0.2, 0) is 19.1 Å². The lowest BCUT2D eigenvalue weighted by Crippen LogP contribution is -2.57. The topological polar surface area (TPSA) is 153 Å². The van der Waals surface area contributed by atoms with Crippen LogP contribution in [0.15, 0.2) is 16.9 Å². The van der Waals surface area contributed by atoms with Crippen LogP contribution < -0.4 is 10.6 Å². The Morgan fingerprint density at radius 1 is 1.05 bits per heavy atom. The SMILES string of the molecule is CC(=O)[C@@H]1[C@H](C)[C@@H]2CN1C(=O)[C@H](C(C)(C)C)NC(=O)O[C@@H]1CCC[C@H]1CCCCCN1C(=O)N/C(=C\C=N)N=C1O2. The number of allylic oxidation sites excluding steroid dienone is 1. The van der Waals surface area contributed by atoms with E-state index in [0.29, 0.717) is 13.0 Å². The minimum Gasteiger partial charge on any atom is -0.459 e. The Kier molecular flexibility index (Phi) is 9.38. The highest BCUT2D eigenvalue weighted by atomic mass is 16.6. The molecule has 1 aliphatic carbocycles. The van der Waals surface area contributed by atoms with Gasteiger partial charge in [-0.05, 0) is 56.4 Å². The van der Waals surface area contributed by atoms with E-state index < -0.39 is 41.6 Å². The van der Waals surface area contributed by atoms with Gasteiger partial charge in [-0.3, -0.25) is 14.9 Å². The van der Waals surface area contributed by atoms with Crippen molar-refractivity contribution >= 4 is 36.1 Å². The standard InChI is InChI=1S/C29H44N6O6/c1-17-21-16-35(23(17)18(2)36)25(37)24(29(3,4)5)33-28(39)41-20-12-9-11-19(20)10-7-6-8-15-34-26(38)31-22(13-14-30)32-27(34)40-21/h13-14,17,19-21,23-24,30H,6-12,15-16H2,1-5H3,(H,31,38)(H,33,39)/b22-13+,30-14?/t17-,19-,20-,21+,23+,24-/m1/s1. The Morgan fingerprint density at radius 3 is 2.46 bits per heavy atom. The number of ether oxygens (including phenoxy) is 2. The summed E-state index contributed by atoms with van der Waals surface area (Å²) in [5.41, 5.74) is -0.662. The lowest BCUT2D eigenvalue weighted by molar-refractivity contribution is -0.141. The van der Waals surface area contributed by atoms with Gasteiger partial charge in [0.25, 0.3) is 0 Å². The van der Waals surface area contributed by atoms with Gasteiger partial charge < -0.3 is 25.1 Å². The number of nitrogens with zero attached hydrogens (tertiary/aromatic N) is 3. The first kappa shape index (κ1) is 30.5. The number of amides is 4. The zero-order chi connectivity index (χ0) is 29.9. The van der Waals surface area contributed by atoms with Gasteiger partial charge in [0.1, 0.15) is 24.1 Å². The van der Waals surface area contributed by atoms with E-state index in [-0.39, 0.29) is 42.1 Å². The second kappa shape index (κ2) is 12.6. The molecule has 3 fully saturated rings. The Hall–Kier alpha value is -3.44. The molecule has 0 aromatic heterocycles. The van der Waals surface area contributed by atoms with Crippen molar-refractivity contribution in [1.29, 1.82) is 5.41 Å². The lowest BCUT2D eigenvalue weighted by atomic mass is 9.85. The molecule has 0 aromatic rings. The zero-order valence-electron chi connectivity index (χ0n) is 24.8. The maximum atomic E-state index is 14.1. The maximum absolute atomic E-state index is 14.1. The van der Waals surface area contributed by atoms with E-state index in [1.807, 2.05) is 27.7 Å². The first-order chi connectivity index (χ1) is 19.4. The second-order valence-corrected chi connectivity index (χ2v) is 12.7. The molecule has 3 heterocycles. The molecule has 4 aliphatic rings. The molecule has 4 amide bonds. The molecule has 0 aromatic carbocycles. The van der Waals surface area contributed by atoms with Gasteiger partial charge in [-0.15, -0.1) is 0 Å². The smallest absolute Gasteiger partial charge is 0.408 e. The maximum Gasteiger partial charge on any atom is 0.408 e. The summed E-state index contributed by atoms with van der Waals surface area (Å²) in [5, 5.41) is 12.9. The average Bonchev–Trinajstić information content (AvgIpc) is 3.46. The van der Waals surface area contributed by atoms with E-state index in [1.165, 1.54) is 22.8 Å². The van der Waals surface area contributed by atoms with Crippen molar-refractivity contribution in [3.05, 3.63) is 11.9 Å². The Bertz CT molecular complexity index is 1110. The molecule has 2 saturated heterocycles. The quantitative estimate of drug-likeness (QED) is 0.430. The number of fused-ring (bicyclic) bond motifs is 4. The van der Waals surface area contributed by atoms with E-state index in [1.54, 1.807) is 0 Å². The summed E-state index contributed by atoms with van der Waals surface area (Å²) in [6.45, 7) is 9.32. The monoisotopic (exact) mass is 572 g/mol. The molecule has 4 rings (SSSR count). The molecular formula is C29H44N6O6. The number of nitrogens with one attached hydrogen (secondary N) is 3. The van der Waals surface area contributed by atoms with Crippen LogP contribution in [0.25, 0.3) is 0 Å². The number of rotatable bonds is 2. The van der Waals surface area contributed by atoms with E-state index >= 15 is 0 Å². The molecule has 0 unspecified atom stereocenters. The second-order valence-electron chi connectivity index (χ2n) is 12.7. The van der Waals surface area contributed by atoms with Crippen LogP contribution in [0.5, 0.6) is 0 Å². The number of amidine groups is 1. The number of hydrogen-bond acceptors (Lipinski definition) is 8. The fourth-order valence-electron chi connectivity index (χ4n) is 6.40. The summed E-state index contributed by atoms with van der Waals surface area (Å²) in [5.74, 6) is -0.561. The summed E-state index contributed by atoms with van der Waals surface area (Å²) in [7, 11) is 0. The van der Waals surface area contributed by atoms with E-state index in [2.05, 4.69) is 15.6 Å². The summed E-state index contributed by atoms with van der Waals surface area (Å²) in [6.07, 6.45) is 7.11. The van der Waals surface area contributed by atoms with Gasteiger partial charge >= 0.3 is 18.1 Å². The molecule has 0 spiro atoms. The minimum absolute atomic E-state index is 0.0797. The van der Waals surface area contributed by atoms with Crippen LogP contribution in [0.4, 0.5) is 9.59 Å². The highest BCUT2D eigenvalue weighted by Crippen LogP contribution is 2.34. The number of carbonyl (C=O) groups is 4. The summed E-state index contributed by atoms with van der Waals surface area (Å²) < 4.78 is 12.2. The highest BCUT2D eigenvalue weighted by molar-refractivity contribution is 5.98. The molecule has 3 aliphatic heterocycles. The number of Topliss-reactive ketones (excluding diaryl/α,β-unsaturated/α-hetero) is 1. The van der Waals surface area contributed by atoms with E-state index in [0.717, 1.165) is 44.7 Å². The fraction of sp³-hybridized carbons (Fsp3) is 0.724. The Balaban J connectivity index is 1.69. The number of carbonyl (C=O) groups excluding carboxylic acids is 4.